The Kier molecular flexibility index (Phi) is 4.55. The van der Waals surface area contributed by atoms with Crippen LogP contribution in [0.3, 0.4) is 0 Å². The molecule has 2 heterocycles. The highest BCUT2D eigenvalue weighted by molar-refractivity contribution is 7.09. The van der Waals surface area contributed by atoms with Gasteiger partial charge in [0.2, 0.25) is 0 Å². The third kappa shape index (κ3) is 3.68. The lowest BCUT2D eigenvalue weighted by atomic mass is 10.1. The molecule has 0 aliphatic heterocycles. The summed E-state index contributed by atoms with van der Waals surface area (Å²) < 4.78 is 5.34. The van der Waals surface area contributed by atoms with Gasteiger partial charge in [0, 0.05) is 23.5 Å². The summed E-state index contributed by atoms with van der Waals surface area (Å²) in [6.45, 7) is 6.41. The molecule has 3 nitrogen and oxygen atoms in total. The first-order valence-electron chi connectivity index (χ1n) is 6.35. The highest BCUT2D eigenvalue weighted by Crippen LogP contribution is 2.18. The van der Waals surface area contributed by atoms with E-state index in [1.807, 2.05) is 19.1 Å². The monoisotopic (exact) mass is 264 g/mol. The molecule has 0 saturated carbocycles. The Bertz CT molecular complexity index is 464. The van der Waals surface area contributed by atoms with Crippen molar-refractivity contribution < 1.29 is 4.42 Å². The second kappa shape index (κ2) is 6.16. The molecule has 0 aliphatic carbocycles. The van der Waals surface area contributed by atoms with Gasteiger partial charge in [-0.25, -0.2) is 4.98 Å². The van der Waals surface area contributed by atoms with Crippen molar-refractivity contribution in [3.05, 3.63) is 40.2 Å². The first kappa shape index (κ1) is 13.3. The molecule has 0 saturated heterocycles. The molecule has 2 aromatic rings. The zero-order valence-corrected chi connectivity index (χ0v) is 12.0. The van der Waals surface area contributed by atoms with Gasteiger partial charge in [-0.05, 0) is 39.3 Å². The quantitative estimate of drug-likeness (QED) is 0.864. The molecule has 0 bridgehead atoms. The molecular formula is C14H20N2OS. The molecule has 98 valence electrons. The van der Waals surface area contributed by atoms with Crippen LogP contribution in [0, 0.1) is 6.92 Å². The molecule has 0 spiro atoms. The van der Waals surface area contributed by atoms with Crippen LogP contribution < -0.4 is 5.32 Å². The molecule has 0 amide bonds. The molecule has 1 N–H and O–H groups in total. The van der Waals surface area contributed by atoms with Crippen molar-refractivity contribution in [1.82, 2.24) is 10.3 Å². The van der Waals surface area contributed by atoms with Crippen molar-refractivity contribution in [3.63, 3.8) is 0 Å². The van der Waals surface area contributed by atoms with Crippen LogP contribution in [0.25, 0.3) is 0 Å². The number of nitrogens with one attached hydrogen (secondary N) is 1. The second-order valence-corrected chi connectivity index (χ2v) is 5.62. The standard InChI is InChI=1S/C14H20N2OS/c1-10(6-7-13-5-4-8-17-13)15-12(3)14-16-11(2)9-18-14/h4-5,8-10,12,15H,6-7H2,1-3H3. The third-order valence-electron chi connectivity index (χ3n) is 2.95. The maximum Gasteiger partial charge on any atom is 0.110 e. The van der Waals surface area contributed by atoms with Crippen LogP contribution in [-0.4, -0.2) is 11.0 Å². The first-order chi connectivity index (χ1) is 8.65. The van der Waals surface area contributed by atoms with Gasteiger partial charge in [-0.3, -0.25) is 0 Å². The van der Waals surface area contributed by atoms with Crippen LogP contribution in [0.15, 0.2) is 28.2 Å². The summed E-state index contributed by atoms with van der Waals surface area (Å²) in [6, 6.07) is 4.74. The van der Waals surface area contributed by atoms with Crippen LogP contribution in [-0.2, 0) is 6.42 Å². The van der Waals surface area contributed by atoms with E-state index in [-0.39, 0.29) is 0 Å². The average Bonchev–Trinajstić information content (AvgIpc) is 2.97. The third-order valence-corrected chi connectivity index (χ3v) is 4.09. The summed E-state index contributed by atoms with van der Waals surface area (Å²) in [7, 11) is 0. The van der Waals surface area contributed by atoms with Crippen LogP contribution in [0.5, 0.6) is 0 Å². The summed E-state index contributed by atoms with van der Waals surface area (Å²) in [5.74, 6) is 1.06. The molecule has 2 aromatic heterocycles. The number of hydrogen-bond donors (Lipinski definition) is 1. The van der Waals surface area contributed by atoms with E-state index in [0.29, 0.717) is 12.1 Å². The zero-order chi connectivity index (χ0) is 13.0. The molecule has 0 radical (unpaired) electrons. The van der Waals surface area contributed by atoms with Crippen LogP contribution in [0.2, 0.25) is 0 Å². The van der Waals surface area contributed by atoms with Crippen LogP contribution >= 0.6 is 11.3 Å². The Hall–Kier alpha value is -1.13. The van der Waals surface area contributed by atoms with Crippen molar-refractivity contribution in [3.8, 4) is 0 Å². The number of rotatable bonds is 6. The SMILES string of the molecule is Cc1csc(C(C)NC(C)CCc2ccco2)n1. The predicted molar refractivity (Wildman–Crippen MR) is 74.9 cm³/mol. The minimum Gasteiger partial charge on any atom is -0.469 e. The van der Waals surface area contributed by atoms with Gasteiger partial charge in [-0.1, -0.05) is 0 Å². The molecule has 18 heavy (non-hydrogen) atoms. The van der Waals surface area contributed by atoms with Crippen molar-refractivity contribution in [2.24, 2.45) is 0 Å². The molecule has 0 fully saturated rings. The van der Waals surface area contributed by atoms with Gasteiger partial charge in [0.25, 0.3) is 0 Å². The fourth-order valence-corrected chi connectivity index (χ4v) is 2.78. The number of nitrogens with zero attached hydrogens (tertiary/aromatic N) is 1. The van der Waals surface area contributed by atoms with Gasteiger partial charge in [0.1, 0.15) is 10.8 Å². The Morgan fingerprint density at radius 1 is 1.44 bits per heavy atom. The predicted octanol–water partition coefficient (Wildman–Crippen LogP) is 3.72. The van der Waals surface area contributed by atoms with Crippen LogP contribution in [0.1, 0.15) is 42.8 Å². The Balaban J connectivity index is 1.78. The number of furan rings is 1. The van der Waals surface area contributed by atoms with Gasteiger partial charge in [-0.15, -0.1) is 11.3 Å². The normalized spacial score (nSPS) is 14.6. The molecule has 0 aliphatic rings. The first-order valence-corrected chi connectivity index (χ1v) is 7.23. The van der Waals surface area contributed by atoms with E-state index in [9.17, 15) is 0 Å². The van der Waals surface area contributed by atoms with Gasteiger partial charge in [-0.2, -0.15) is 0 Å². The minimum atomic E-state index is 0.315. The molecular weight excluding hydrogens is 244 g/mol. The lowest BCUT2D eigenvalue weighted by Gasteiger charge is -2.17. The van der Waals surface area contributed by atoms with E-state index < -0.39 is 0 Å². The van der Waals surface area contributed by atoms with Crippen LogP contribution in [0.4, 0.5) is 0 Å². The van der Waals surface area contributed by atoms with Crippen molar-refractivity contribution in [1.29, 1.82) is 0 Å². The average molecular weight is 264 g/mol. The van der Waals surface area contributed by atoms with E-state index in [0.717, 1.165) is 29.3 Å². The molecule has 2 atom stereocenters. The van der Waals surface area contributed by atoms with Crippen molar-refractivity contribution in [2.45, 2.75) is 45.7 Å². The van der Waals surface area contributed by atoms with E-state index in [4.69, 9.17) is 4.42 Å². The number of hydrogen-bond acceptors (Lipinski definition) is 4. The topological polar surface area (TPSA) is 38.1 Å². The van der Waals surface area contributed by atoms with Gasteiger partial charge in [0.05, 0.1) is 12.3 Å². The highest BCUT2D eigenvalue weighted by atomic mass is 32.1. The summed E-state index contributed by atoms with van der Waals surface area (Å²) in [4.78, 5) is 4.51. The molecule has 0 aromatic carbocycles. The fraction of sp³-hybridized carbons (Fsp3) is 0.500. The van der Waals surface area contributed by atoms with E-state index in [1.54, 1.807) is 17.6 Å². The molecule has 2 rings (SSSR count). The maximum absolute atomic E-state index is 5.34. The minimum absolute atomic E-state index is 0.315. The Morgan fingerprint density at radius 3 is 2.89 bits per heavy atom. The lowest BCUT2D eigenvalue weighted by molar-refractivity contribution is 0.430. The summed E-state index contributed by atoms with van der Waals surface area (Å²) >= 11 is 1.72. The smallest absolute Gasteiger partial charge is 0.110 e. The largest absolute Gasteiger partial charge is 0.469 e. The summed E-state index contributed by atoms with van der Waals surface area (Å²) in [6.07, 6.45) is 3.78. The highest BCUT2D eigenvalue weighted by Gasteiger charge is 2.12. The maximum atomic E-state index is 5.34. The van der Waals surface area contributed by atoms with Crippen molar-refractivity contribution >= 4 is 11.3 Å². The van der Waals surface area contributed by atoms with Crippen molar-refractivity contribution in [2.75, 3.05) is 0 Å². The fourth-order valence-electron chi connectivity index (χ4n) is 1.97. The van der Waals surface area contributed by atoms with Gasteiger partial charge < -0.3 is 9.73 Å². The van der Waals surface area contributed by atoms with Gasteiger partial charge in [0.15, 0.2) is 0 Å². The van der Waals surface area contributed by atoms with E-state index in [1.165, 1.54) is 0 Å². The van der Waals surface area contributed by atoms with Gasteiger partial charge >= 0.3 is 0 Å². The Morgan fingerprint density at radius 2 is 2.28 bits per heavy atom. The molecule has 4 heteroatoms. The zero-order valence-electron chi connectivity index (χ0n) is 11.1. The summed E-state index contributed by atoms with van der Waals surface area (Å²) in [5.41, 5.74) is 1.10. The number of aryl methyl sites for hydroxylation is 2. The molecule has 2 unspecified atom stereocenters. The van der Waals surface area contributed by atoms with E-state index >= 15 is 0 Å². The van der Waals surface area contributed by atoms with E-state index in [2.05, 4.69) is 29.5 Å². The number of aromatic nitrogens is 1. The number of thiazole rings is 1. The second-order valence-electron chi connectivity index (χ2n) is 4.73. The Labute approximate surface area is 112 Å². The lowest BCUT2D eigenvalue weighted by Crippen LogP contribution is -2.29. The summed E-state index contributed by atoms with van der Waals surface area (Å²) in [5, 5.41) is 6.84.